The molecule has 2 aliphatic rings. The number of halogens is 2. The molecular formula is C14H19BrClNO3. The molecule has 0 bridgehead atoms. The van der Waals surface area contributed by atoms with Crippen LogP contribution in [0.2, 0.25) is 0 Å². The van der Waals surface area contributed by atoms with Gasteiger partial charge in [0, 0.05) is 4.47 Å². The third-order valence-electron chi connectivity index (χ3n) is 4.10. The van der Waals surface area contributed by atoms with Gasteiger partial charge in [-0.2, -0.15) is 0 Å². The second-order valence-electron chi connectivity index (χ2n) is 5.29. The summed E-state index contributed by atoms with van der Waals surface area (Å²) in [7, 11) is 0. The van der Waals surface area contributed by atoms with E-state index < -0.39 is 12.1 Å². The molecule has 1 aromatic rings. The summed E-state index contributed by atoms with van der Waals surface area (Å²) in [5.41, 5.74) is 7.12. The van der Waals surface area contributed by atoms with Crippen molar-refractivity contribution in [2.45, 2.75) is 37.8 Å². The van der Waals surface area contributed by atoms with Crippen LogP contribution in [0.1, 0.15) is 37.3 Å². The molecule has 0 amide bonds. The molecule has 112 valence electrons. The van der Waals surface area contributed by atoms with Gasteiger partial charge in [-0.3, -0.25) is 0 Å². The highest BCUT2D eigenvalue weighted by Gasteiger charge is 2.30. The van der Waals surface area contributed by atoms with E-state index in [9.17, 15) is 5.11 Å². The van der Waals surface area contributed by atoms with Crippen LogP contribution in [0.4, 0.5) is 0 Å². The van der Waals surface area contributed by atoms with E-state index in [-0.39, 0.29) is 19.2 Å². The van der Waals surface area contributed by atoms with Gasteiger partial charge in [0.1, 0.15) is 0 Å². The van der Waals surface area contributed by atoms with Crippen molar-refractivity contribution in [2.75, 3.05) is 6.79 Å². The van der Waals surface area contributed by atoms with E-state index in [4.69, 9.17) is 15.2 Å². The number of hydrogen-bond donors (Lipinski definition) is 2. The molecule has 1 fully saturated rings. The van der Waals surface area contributed by atoms with Crippen molar-refractivity contribution >= 4 is 28.3 Å². The normalized spacial score (nSPS) is 20.6. The summed E-state index contributed by atoms with van der Waals surface area (Å²) in [5, 5.41) is 10.4. The Balaban J connectivity index is 0.00000147. The zero-order chi connectivity index (χ0) is 13.4. The average molecular weight is 365 g/mol. The van der Waals surface area contributed by atoms with Crippen molar-refractivity contribution in [2.24, 2.45) is 11.7 Å². The number of ether oxygens (including phenoxy) is 2. The van der Waals surface area contributed by atoms with Crippen LogP contribution in [0.25, 0.3) is 0 Å². The molecule has 6 heteroatoms. The van der Waals surface area contributed by atoms with E-state index in [1.165, 1.54) is 12.8 Å². The standard InChI is InChI=1S/C14H18BrNO3.ClH/c15-10-6-12-11(18-7-19-12)5-9(10)13(16)14(17)8-3-1-2-4-8;/h5-6,8,13-14,17H,1-4,7,16H2;1H/t13-,14+;/m1./s1. The Labute approximate surface area is 133 Å². The van der Waals surface area contributed by atoms with Crippen molar-refractivity contribution in [3.8, 4) is 11.5 Å². The zero-order valence-electron chi connectivity index (χ0n) is 11.0. The summed E-state index contributed by atoms with van der Waals surface area (Å²) < 4.78 is 11.6. The van der Waals surface area contributed by atoms with Crippen LogP contribution < -0.4 is 15.2 Å². The van der Waals surface area contributed by atoms with Crippen LogP contribution in [0.5, 0.6) is 11.5 Å². The topological polar surface area (TPSA) is 64.7 Å². The smallest absolute Gasteiger partial charge is 0.231 e. The van der Waals surface area contributed by atoms with Gasteiger partial charge in [0.25, 0.3) is 0 Å². The van der Waals surface area contributed by atoms with Crippen LogP contribution in [0.3, 0.4) is 0 Å². The van der Waals surface area contributed by atoms with Crippen molar-refractivity contribution in [1.82, 2.24) is 0 Å². The van der Waals surface area contributed by atoms with Gasteiger partial charge in [0.2, 0.25) is 6.79 Å². The van der Waals surface area contributed by atoms with Crippen LogP contribution in [0, 0.1) is 5.92 Å². The minimum absolute atomic E-state index is 0. The molecule has 1 saturated carbocycles. The lowest BCUT2D eigenvalue weighted by atomic mass is 9.91. The SMILES string of the molecule is Cl.N[C@H](c1cc2c(cc1Br)OCO2)[C@@H](O)C1CCCC1. The van der Waals surface area contributed by atoms with Gasteiger partial charge in [-0.15, -0.1) is 12.4 Å². The lowest BCUT2D eigenvalue weighted by Gasteiger charge is -2.25. The van der Waals surface area contributed by atoms with E-state index >= 15 is 0 Å². The highest BCUT2D eigenvalue weighted by molar-refractivity contribution is 9.10. The molecule has 4 nitrogen and oxygen atoms in total. The molecule has 0 unspecified atom stereocenters. The van der Waals surface area contributed by atoms with Crippen molar-refractivity contribution in [3.63, 3.8) is 0 Å². The van der Waals surface area contributed by atoms with Crippen LogP contribution >= 0.6 is 28.3 Å². The molecule has 3 N–H and O–H groups in total. The molecule has 1 heterocycles. The summed E-state index contributed by atoms with van der Waals surface area (Å²) in [5.74, 6) is 1.73. The quantitative estimate of drug-likeness (QED) is 0.865. The number of aliphatic hydroxyl groups excluding tert-OH is 1. The van der Waals surface area contributed by atoms with E-state index in [0.717, 1.165) is 28.6 Å². The van der Waals surface area contributed by atoms with Gasteiger partial charge < -0.3 is 20.3 Å². The van der Waals surface area contributed by atoms with Gasteiger partial charge >= 0.3 is 0 Å². The summed E-state index contributed by atoms with van der Waals surface area (Å²) in [6.07, 6.45) is 4.01. The number of fused-ring (bicyclic) bond motifs is 1. The molecule has 1 aliphatic carbocycles. The third-order valence-corrected chi connectivity index (χ3v) is 4.79. The van der Waals surface area contributed by atoms with E-state index in [2.05, 4.69) is 15.9 Å². The largest absolute Gasteiger partial charge is 0.454 e. The Hall–Kier alpha value is -0.490. The first-order chi connectivity index (χ1) is 9.16. The predicted molar refractivity (Wildman–Crippen MR) is 82.4 cm³/mol. The highest BCUT2D eigenvalue weighted by Crippen LogP contribution is 2.41. The van der Waals surface area contributed by atoms with E-state index in [1.807, 2.05) is 12.1 Å². The van der Waals surface area contributed by atoms with E-state index in [1.54, 1.807) is 0 Å². The maximum Gasteiger partial charge on any atom is 0.231 e. The summed E-state index contributed by atoms with van der Waals surface area (Å²) in [6.45, 7) is 0.242. The lowest BCUT2D eigenvalue weighted by Crippen LogP contribution is -2.32. The fourth-order valence-corrected chi connectivity index (χ4v) is 3.55. The molecule has 0 aromatic heterocycles. The minimum atomic E-state index is -0.501. The lowest BCUT2D eigenvalue weighted by molar-refractivity contribution is 0.0842. The molecular weight excluding hydrogens is 346 g/mol. The second kappa shape index (κ2) is 6.52. The van der Waals surface area contributed by atoms with Crippen molar-refractivity contribution in [3.05, 3.63) is 22.2 Å². The van der Waals surface area contributed by atoms with Gasteiger partial charge in [-0.05, 0) is 36.5 Å². The molecule has 3 rings (SSSR count). The van der Waals surface area contributed by atoms with Gasteiger partial charge in [-0.25, -0.2) is 0 Å². The van der Waals surface area contributed by atoms with Gasteiger partial charge in [-0.1, -0.05) is 28.8 Å². The number of nitrogens with two attached hydrogens (primary N) is 1. The number of rotatable bonds is 3. The minimum Gasteiger partial charge on any atom is -0.454 e. The first kappa shape index (κ1) is 15.9. The molecule has 20 heavy (non-hydrogen) atoms. The molecule has 0 saturated heterocycles. The van der Waals surface area contributed by atoms with Crippen LogP contribution in [-0.4, -0.2) is 18.0 Å². The number of aliphatic hydroxyl groups is 1. The molecule has 0 spiro atoms. The Kier molecular flexibility index (Phi) is 5.18. The fourth-order valence-electron chi connectivity index (χ4n) is 2.96. The van der Waals surface area contributed by atoms with E-state index in [0.29, 0.717) is 11.7 Å². The van der Waals surface area contributed by atoms with Gasteiger partial charge in [0.05, 0.1) is 12.1 Å². The Bertz CT molecular complexity index is 480. The Morgan fingerprint density at radius 3 is 2.45 bits per heavy atom. The number of hydrogen-bond acceptors (Lipinski definition) is 4. The Morgan fingerprint density at radius 1 is 1.20 bits per heavy atom. The predicted octanol–water partition coefficient (Wildman–Crippen LogP) is 3.15. The summed E-state index contributed by atoms with van der Waals surface area (Å²) in [6, 6.07) is 3.33. The molecule has 1 aliphatic heterocycles. The second-order valence-corrected chi connectivity index (χ2v) is 6.14. The molecule has 1 aromatic carbocycles. The van der Waals surface area contributed by atoms with Gasteiger partial charge in [0.15, 0.2) is 11.5 Å². The maximum atomic E-state index is 10.4. The first-order valence-corrected chi connectivity index (χ1v) is 7.49. The summed E-state index contributed by atoms with van der Waals surface area (Å²) >= 11 is 3.50. The molecule has 2 atom stereocenters. The number of benzene rings is 1. The average Bonchev–Trinajstić information content (AvgIpc) is 3.06. The maximum absolute atomic E-state index is 10.4. The fraction of sp³-hybridized carbons (Fsp3) is 0.571. The summed E-state index contributed by atoms with van der Waals surface area (Å²) in [4.78, 5) is 0. The van der Waals surface area contributed by atoms with Crippen LogP contribution in [0.15, 0.2) is 16.6 Å². The Morgan fingerprint density at radius 2 is 1.80 bits per heavy atom. The first-order valence-electron chi connectivity index (χ1n) is 6.69. The third kappa shape index (κ3) is 2.91. The van der Waals surface area contributed by atoms with Crippen molar-refractivity contribution in [1.29, 1.82) is 0 Å². The highest BCUT2D eigenvalue weighted by atomic mass is 79.9. The van der Waals surface area contributed by atoms with Crippen molar-refractivity contribution < 1.29 is 14.6 Å². The zero-order valence-corrected chi connectivity index (χ0v) is 13.5. The monoisotopic (exact) mass is 363 g/mol. The van der Waals surface area contributed by atoms with Crippen LogP contribution in [-0.2, 0) is 0 Å². The molecule has 0 radical (unpaired) electrons.